The Morgan fingerprint density at radius 1 is 1.35 bits per heavy atom. The van der Waals surface area contributed by atoms with Crippen LogP contribution < -0.4 is 10.1 Å². The SMILES string of the molecule is CCC(C)(CO)CNc1ccc(Br)cc1OC(F)(F)F. The van der Waals surface area contributed by atoms with Crippen molar-refractivity contribution >= 4 is 21.6 Å². The minimum absolute atomic E-state index is 0.0531. The maximum absolute atomic E-state index is 12.4. The highest BCUT2D eigenvalue weighted by molar-refractivity contribution is 9.10. The number of hydrogen-bond donors (Lipinski definition) is 2. The highest BCUT2D eigenvalue weighted by Crippen LogP contribution is 2.34. The maximum atomic E-state index is 12.4. The van der Waals surface area contributed by atoms with Crippen molar-refractivity contribution in [1.82, 2.24) is 0 Å². The number of ether oxygens (including phenoxy) is 1. The molecule has 0 fully saturated rings. The number of benzene rings is 1. The number of hydrogen-bond acceptors (Lipinski definition) is 3. The monoisotopic (exact) mass is 355 g/mol. The Kier molecular flexibility index (Phi) is 5.70. The second kappa shape index (κ2) is 6.67. The zero-order valence-corrected chi connectivity index (χ0v) is 12.8. The molecule has 1 aromatic rings. The van der Waals surface area contributed by atoms with Crippen LogP contribution in [0.5, 0.6) is 5.75 Å². The number of nitrogens with one attached hydrogen (secondary N) is 1. The highest BCUT2D eigenvalue weighted by atomic mass is 79.9. The minimum Gasteiger partial charge on any atom is -0.404 e. The molecule has 0 bridgehead atoms. The summed E-state index contributed by atoms with van der Waals surface area (Å²) < 4.78 is 41.5. The lowest BCUT2D eigenvalue weighted by atomic mass is 9.88. The predicted octanol–water partition coefficient (Wildman–Crippen LogP) is 4.17. The first kappa shape index (κ1) is 17.1. The van der Waals surface area contributed by atoms with E-state index < -0.39 is 11.8 Å². The van der Waals surface area contributed by atoms with Gasteiger partial charge in [0.15, 0.2) is 5.75 Å². The molecule has 0 aliphatic heterocycles. The van der Waals surface area contributed by atoms with Gasteiger partial charge in [0.25, 0.3) is 0 Å². The summed E-state index contributed by atoms with van der Waals surface area (Å²) in [6, 6.07) is 4.37. The first-order chi connectivity index (χ1) is 9.19. The number of aliphatic hydroxyl groups is 1. The molecular weight excluding hydrogens is 339 g/mol. The first-order valence-electron chi connectivity index (χ1n) is 6.09. The Balaban J connectivity index is 2.89. The molecule has 3 nitrogen and oxygen atoms in total. The summed E-state index contributed by atoms with van der Waals surface area (Å²) in [5.41, 5.74) is -0.165. The molecule has 0 amide bonds. The lowest BCUT2D eigenvalue weighted by Gasteiger charge is -2.27. The second-order valence-electron chi connectivity index (χ2n) is 4.86. The molecule has 114 valence electrons. The van der Waals surface area contributed by atoms with Gasteiger partial charge in [0.05, 0.1) is 12.3 Å². The fourth-order valence-corrected chi connectivity index (χ4v) is 1.79. The van der Waals surface area contributed by atoms with Gasteiger partial charge in [-0.1, -0.05) is 29.8 Å². The second-order valence-corrected chi connectivity index (χ2v) is 5.78. The Hall–Kier alpha value is -0.950. The van der Waals surface area contributed by atoms with E-state index in [0.29, 0.717) is 17.4 Å². The number of anilines is 1. The van der Waals surface area contributed by atoms with Crippen molar-refractivity contribution in [2.75, 3.05) is 18.5 Å². The molecule has 1 unspecified atom stereocenters. The van der Waals surface area contributed by atoms with E-state index in [4.69, 9.17) is 0 Å². The van der Waals surface area contributed by atoms with Gasteiger partial charge in [-0.05, 0) is 24.6 Å². The van der Waals surface area contributed by atoms with Crippen LogP contribution >= 0.6 is 15.9 Å². The van der Waals surface area contributed by atoms with Gasteiger partial charge in [-0.2, -0.15) is 0 Å². The van der Waals surface area contributed by atoms with E-state index in [1.807, 2.05) is 13.8 Å². The number of alkyl halides is 3. The maximum Gasteiger partial charge on any atom is 0.573 e. The summed E-state index contributed by atoms with van der Waals surface area (Å²) in [6.45, 7) is 4.05. The van der Waals surface area contributed by atoms with E-state index in [9.17, 15) is 18.3 Å². The van der Waals surface area contributed by atoms with Crippen molar-refractivity contribution in [2.45, 2.75) is 26.6 Å². The summed E-state index contributed by atoms with van der Waals surface area (Å²) >= 11 is 3.11. The first-order valence-corrected chi connectivity index (χ1v) is 6.88. The smallest absolute Gasteiger partial charge is 0.404 e. The zero-order valence-electron chi connectivity index (χ0n) is 11.2. The quantitative estimate of drug-likeness (QED) is 0.804. The Bertz CT molecular complexity index is 448. The van der Waals surface area contributed by atoms with Crippen LogP contribution in [0.4, 0.5) is 18.9 Å². The molecule has 1 rings (SSSR count). The van der Waals surface area contributed by atoms with Gasteiger partial charge < -0.3 is 15.2 Å². The van der Waals surface area contributed by atoms with Crippen LogP contribution in [0.15, 0.2) is 22.7 Å². The van der Waals surface area contributed by atoms with Crippen molar-refractivity contribution in [3.8, 4) is 5.75 Å². The van der Waals surface area contributed by atoms with E-state index >= 15 is 0 Å². The standard InChI is InChI=1S/C13H17BrF3NO2/c1-3-12(2,8-19)7-18-10-5-4-9(14)6-11(10)20-13(15,16)17/h4-6,18-19H,3,7-8H2,1-2H3. The molecule has 1 aromatic carbocycles. The van der Waals surface area contributed by atoms with Crippen LogP contribution in [-0.4, -0.2) is 24.6 Å². The van der Waals surface area contributed by atoms with Crippen molar-refractivity contribution in [3.63, 3.8) is 0 Å². The third-order valence-electron chi connectivity index (χ3n) is 3.11. The predicted molar refractivity (Wildman–Crippen MR) is 74.8 cm³/mol. The molecule has 1 atom stereocenters. The van der Waals surface area contributed by atoms with Crippen LogP contribution in [0, 0.1) is 5.41 Å². The van der Waals surface area contributed by atoms with Crippen LogP contribution in [0.1, 0.15) is 20.3 Å². The molecule has 0 spiro atoms. The van der Waals surface area contributed by atoms with Gasteiger partial charge in [0.2, 0.25) is 0 Å². The third kappa shape index (κ3) is 5.20. The summed E-state index contributed by atoms with van der Waals surface area (Å²) in [4.78, 5) is 0. The van der Waals surface area contributed by atoms with Crippen molar-refractivity contribution in [3.05, 3.63) is 22.7 Å². The molecule has 0 saturated carbocycles. The molecule has 0 radical (unpaired) electrons. The summed E-state index contributed by atoms with van der Waals surface area (Å²) in [5, 5.41) is 12.2. The molecule has 7 heteroatoms. The average Bonchev–Trinajstić information content (AvgIpc) is 2.35. The molecule has 0 aromatic heterocycles. The Labute approximate surface area is 124 Å². The third-order valence-corrected chi connectivity index (χ3v) is 3.60. The summed E-state index contributed by atoms with van der Waals surface area (Å²) in [7, 11) is 0. The highest BCUT2D eigenvalue weighted by Gasteiger charge is 2.32. The normalized spacial score (nSPS) is 14.8. The number of halogens is 4. The number of rotatable bonds is 6. The van der Waals surface area contributed by atoms with E-state index in [0.717, 1.165) is 0 Å². The molecule has 0 saturated heterocycles. The van der Waals surface area contributed by atoms with Crippen LogP contribution in [0.25, 0.3) is 0 Å². The topological polar surface area (TPSA) is 41.5 Å². The van der Waals surface area contributed by atoms with Crippen LogP contribution in [0.3, 0.4) is 0 Å². The average molecular weight is 356 g/mol. The van der Waals surface area contributed by atoms with Gasteiger partial charge >= 0.3 is 6.36 Å². The lowest BCUT2D eigenvalue weighted by Crippen LogP contribution is -2.30. The van der Waals surface area contributed by atoms with E-state index in [2.05, 4.69) is 26.0 Å². The van der Waals surface area contributed by atoms with Crippen molar-refractivity contribution in [1.29, 1.82) is 0 Å². The van der Waals surface area contributed by atoms with Gasteiger partial charge in [0, 0.05) is 16.4 Å². The molecule has 0 heterocycles. The van der Waals surface area contributed by atoms with Gasteiger partial charge in [0.1, 0.15) is 0 Å². The molecule has 20 heavy (non-hydrogen) atoms. The van der Waals surface area contributed by atoms with Gasteiger partial charge in [-0.25, -0.2) is 0 Å². The fraction of sp³-hybridized carbons (Fsp3) is 0.538. The summed E-state index contributed by atoms with van der Waals surface area (Å²) in [6.07, 6.45) is -4.05. The zero-order chi connectivity index (χ0) is 15.4. The molecule has 0 aliphatic carbocycles. The van der Waals surface area contributed by atoms with Gasteiger partial charge in [-0.3, -0.25) is 0 Å². The Morgan fingerprint density at radius 3 is 2.50 bits per heavy atom. The molecular formula is C13H17BrF3NO2. The molecule has 2 N–H and O–H groups in total. The number of aliphatic hydroxyl groups excluding tert-OH is 1. The largest absolute Gasteiger partial charge is 0.573 e. The van der Waals surface area contributed by atoms with Crippen molar-refractivity contribution < 1.29 is 23.0 Å². The van der Waals surface area contributed by atoms with Gasteiger partial charge in [-0.15, -0.1) is 13.2 Å². The van der Waals surface area contributed by atoms with E-state index in [1.165, 1.54) is 12.1 Å². The molecule has 0 aliphatic rings. The Morgan fingerprint density at radius 2 is 2.00 bits per heavy atom. The fourth-order valence-electron chi connectivity index (χ4n) is 1.45. The summed E-state index contributed by atoms with van der Waals surface area (Å²) in [5.74, 6) is -0.303. The van der Waals surface area contributed by atoms with E-state index in [-0.39, 0.29) is 18.0 Å². The van der Waals surface area contributed by atoms with Crippen LogP contribution in [-0.2, 0) is 0 Å². The minimum atomic E-state index is -4.75. The van der Waals surface area contributed by atoms with Crippen LogP contribution in [0.2, 0.25) is 0 Å². The van der Waals surface area contributed by atoms with E-state index in [1.54, 1.807) is 6.07 Å². The lowest BCUT2D eigenvalue weighted by molar-refractivity contribution is -0.274. The van der Waals surface area contributed by atoms with Crippen molar-refractivity contribution in [2.24, 2.45) is 5.41 Å².